The number of carbonyl (C=O) groups excluding carboxylic acids is 1. The molecule has 0 unspecified atom stereocenters. The van der Waals surface area contributed by atoms with E-state index >= 15 is 0 Å². The minimum absolute atomic E-state index is 0.0801. The first-order valence-electron chi connectivity index (χ1n) is 8.24. The molecule has 130 valence electrons. The molecule has 1 amide bonds. The standard InChI is InChI=1S/C20H22N2O3/c1-4-14-5-7-15(8-6-14)21-20(23)13-22-10-9-17-18(22)11-16(24-2)12-19(17)25-3/h5-12H,4,13H2,1-3H3,(H,21,23). The molecule has 0 saturated heterocycles. The minimum Gasteiger partial charge on any atom is -0.497 e. The number of fused-ring (bicyclic) bond motifs is 1. The molecule has 5 heteroatoms. The highest BCUT2D eigenvalue weighted by molar-refractivity contribution is 5.93. The number of nitrogens with one attached hydrogen (secondary N) is 1. The summed E-state index contributed by atoms with van der Waals surface area (Å²) >= 11 is 0. The summed E-state index contributed by atoms with van der Waals surface area (Å²) in [6.07, 6.45) is 2.86. The summed E-state index contributed by atoms with van der Waals surface area (Å²) in [5.74, 6) is 1.34. The van der Waals surface area contributed by atoms with Crippen molar-refractivity contribution in [3.05, 3.63) is 54.2 Å². The second kappa shape index (κ2) is 7.30. The second-order valence-electron chi connectivity index (χ2n) is 5.80. The van der Waals surface area contributed by atoms with Crippen LogP contribution in [0.1, 0.15) is 12.5 Å². The summed E-state index contributed by atoms with van der Waals surface area (Å²) in [6.45, 7) is 2.32. The first-order chi connectivity index (χ1) is 12.1. The predicted molar refractivity (Wildman–Crippen MR) is 99.5 cm³/mol. The van der Waals surface area contributed by atoms with E-state index in [0.717, 1.165) is 28.8 Å². The lowest BCUT2D eigenvalue weighted by molar-refractivity contribution is -0.116. The number of hydrogen-bond acceptors (Lipinski definition) is 3. The zero-order valence-corrected chi connectivity index (χ0v) is 14.7. The van der Waals surface area contributed by atoms with Gasteiger partial charge in [0.15, 0.2) is 0 Å². The van der Waals surface area contributed by atoms with E-state index in [1.54, 1.807) is 14.2 Å². The Morgan fingerprint density at radius 1 is 1.08 bits per heavy atom. The zero-order chi connectivity index (χ0) is 17.8. The van der Waals surface area contributed by atoms with E-state index in [1.165, 1.54) is 5.56 Å². The Morgan fingerprint density at radius 2 is 1.84 bits per heavy atom. The van der Waals surface area contributed by atoms with Crippen LogP contribution in [0.5, 0.6) is 11.5 Å². The predicted octanol–water partition coefficient (Wildman–Crippen LogP) is 3.86. The van der Waals surface area contributed by atoms with Crippen LogP contribution in [0, 0.1) is 0 Å². The van der Waals surface area contributed by atoms with E-state index in [1.807, 2.05) is 53.2 Å². The number of carbonyl (C=O) groups is 1. The summed E-state index contributed by atoms with van der Waals surface area (Å²) in [7, 11) is 3.23. The Bertz CT molecular complexity index is 882. The molecule has 0 spiro atoms. The zero-order valence-electron chi connectivity index (χ0n) is 14.7. The van der Waals surface area contributed by atoms with Crippen LogP contribution in [0.4, 0.5) is 5.69 Å². The first kappa shape index (κ1) is 16.9. The van der Waals surface area contributed by atoms with Gasteiger partial charge in [-0.05, 0) is 30.2 Å². The van der Waals surface area contributed by atoms with E-state index in [-0.39, 0.29) is 12.5 Å². The molecule has 5 nitrogen and oxygen atoms in total. The van der Waals surface area contributed by atoms with Gasteiger partial charge in [0, 0.05) is 29.4 Å². The number of nitrogens with zero attached hydrogens (tertiary/aromatic N) is 1. The quantitative estimate of drug-likeness (QED) is 0.742. The van der Waals surface area contributed by atoms with Crippen molar-refractivity contribution in [3.63, 3.8) is 0 Å². The molecule has 0 aliphatic rings. The monoisotopic (exact) mass is 338 g/mol. The molecular formula is C20H22N2O3. The van der Waals surface area contributed by atoms with E-state index in [9.17, 15) is 4.79 Å². The van der Waals surface area contributed by atoms with E-state index < -0.39 is 0 Å². The molecule has 0 aliphatic heterocycles. The van der Waals surface area contributed by atoms with Crippen LogP contribution >= 0.6 is 0 Å². The van der Waals surface area contributed by atoms with Gasteiger partial charge in [-0.25, -0.2) is 0 Å². The smallest absolute Gasteiger partial charge is 0.244 e. The van der Waals surface area contributed by atoms with Crippen LogP contribution in [0.15, 0.2) is 48.7 Å². The fourth-order valence-corrected chi connectivity index (χ4v) is 2.84. The van der Waals surface area contributed by atoms with Gasteiger partial charge in [-0.1, -0.05) is 19.1 Å². The first-order valence-corrected chi connectivity index (χ1v) is 8.24. The number of anilines is 1. The van der Waals surface area contributed by atoms with E-state index in [0.29, 0.717) is 5.75 Å². The van der Waals surface area contributed by atoms with Crippen molar-refractivity contribution < 1.29 is 14.3 Å². The Hall–Kier alpha value is -2.95. The van der Waals surface area contributed by atoms with E-state index in [4.69, 9.17) is 9.47 Å². The van der Waals surface area contributed by atoms with Crippen molar-refractivity contribution in [2.75, 3.05) is 19.5 Å². The molecule has 3 aromatic rings. The Labute approximate surface area is 147 Å². The van der Waals surface area contributed by atoms with E-state index in [2.05, 4.69) is 12.2 Å². The normalized spacial score (nSPS) is 10.7. The Balaban J connectivity index is 1.80. The topological polar surface area (TPSA) is 52.5 Å². The lowest BCUT2D eigenvalue weighted by atomic mass is 10.1. The molecule has 1 N–H and O–H groups in total. The largest absolute Gasteiger partial charge is 0.497 e. The highest BCUT2D eigenvalue weighted by Crippen LogP contribution is 2.31. The van der Waals surface area contributed by atoms with Crippen molar-refractivity contribution in [2.45, 2.75) is 19.9 Å². The lowest BCUT2D eigenvalue weighted by Gasteiger charge is -2.10. The molecule has 0 aliphatic carbocycles. The second-order valence-corrected chi connectivity index (χ2v) is 5.80. The van der Waals surface area contributed by atoms with Crippen molar-refractivity contribution in [1.82, 2.24) is 4.57 Å². The third kappa shape index (κ3) is 3.60. The van der Waals surface area contributed by atoms with Gasteiger partial charge in [0.05, 0.1) is 19.7 Å². The summed E-state index contributed by atoms with van der Waals surface area (Å²) in [5, 5.41) is 3.88. The van der Waals surface area contributed by atoms with Crippen LogP contribution < -0.4 is 14.8 Å². The Morgan fingerprint density at radius 3 is 2.48 bits per heavy atom. The van der Waals surface area contributed by atoms with Crippen LogP contribution in [-0.2, 0) is 17.8 Å². The van der Waals surface area contributed by atoms with Gasteiger partial charge < -0.3 is 19.4 Å². The van der Waals surface area contributed by atoms with Crippen LogP contribution in [-0.4, -0.2) is 24.7 Å². The third-order valence-corrected chi connectivity index (χ3v) is 4.24. The molecular weight excluding hydrogens is 316 g/mol. The number of aryl methyl sites for hydroxylation is 1. The van der Waals surface area contributed by atoms with Crippen molar-refractivity contribution in [2.24, 2.45) is 0 Å². The molecule has 0 fully saturated rings. The van der Waals surface area contributed by atoms with Crippen molar-refractivity contribution in [3.8, 4) is 11.5 Å². The van der Waals surface area contributed by atoms with Gasteiger partial charge in [-0.3, -0.25) is 4.79 Å². The molecule has 1 aromatic heterocycles. The van der Waals surface area contributed by atoms with Crippen molar-refractivity contribution >= 4 is 22.5 Å². The molecule has 3 rings (SSSR count). The molecule has 0 radical (unpaired) electrons. The number of rotatable bonds is 6. The molecule has 2 aromatic carbocycles. The molecule has 0 saturated carbocycles. The summed E-state index contributed by atoms with van der Waals surface area (Å²) < 4.78 is 12.6. The van der Waals surface area contributed by atoms with Crippen LogP contribution in [0.2, 0.25) is 0 Å². The fraction of sp³-hybridized carbons (Fsp3) is 0.250. The third-order valence-electron chi connectivity index (χ3n) is 4.24. The number of amides is 1. The SMILES string of the molecule is CCc1ccc(NC(=O)Cn2ccc3c(OC)cc(OC)cc32)cc1. The maximum Gasteiger partial charge on any atom is 0.244 e. The fourth-order valence-electron chi connectivity index (χ4n) is 2.84. The number of benzene rings is 2. The van der Waals surface area contributed by atoms with Crippen molar-refractivity contribution in [1.29, 1.82) is 0 Å². The van der Waals surface area contributed by atoms with Crippen LogP contribution in [0.3, 0.4) is 0 Å². The minimum atomic E-state index is -0.0801. The molecule has 25 heavy (non-hydrogen) atoms. The summed E-state index contributed by atoms with van der Waals surface area (Å²) in [4.78, 5) is 12.4. The number of aromatic nitrogens is 1. The summed E-state index contributed by atoms with van der Waals surface area (Å²) in [6, 6.07) is 13.6. The van der Waals surface area contributed by atoms with Gasteiger partial charge in [0.25, 0.3) is 0 Å². The lowest BCUT2D eigenvalue weighted by Crippen LogP contribution is -2.18. The maximum absolute atomic E-state index is 12.4. The Kier molecular flexibility index (Phi) is 4.93. The van der Waals surface area contributed by atoms with Gasteiger partial charge in [-0.2, -0.15) is 0 Å². The number of methoxy groups -OCH3 is 2. The van der Waals surface area contributed by atoms with Gasteiger partial charge in [-0.15, -0.1) is 0 Å². The molecule has 0 bridgehead atoms. The van der Waals surface area contributed by atoms with Crippen LogP contribution in [0.25, 0.3) is 10.9 Å². The molecule has 0 atom stereocenters. The highest BCUT2D eigenvalue weighted by atomic mass is 16.5. The number of hydrogen-bond donors (Lipinski definition) is 1. The number of ether oxygens (including phenoxy) is 2. The average molecular weight is 338 g/mol. The van der Waals surface area contributed by atoms with Gasteiger partial charge in [0.1, 0.15) is 18.0 Å². The summed E-state index contributed by atoms with van der Waals surface area (Å²) in [5.41, 5.74) is 2.94. The molecule has 1 heterocycles. The maximum atomic E-state index is 12.4. The highest BCUT2D eigenvalue weighted by Gasteiger charge is 2.12. The van der Waals surface area contributed by atoms with Gasteiger partial charge >= 0.3 is 0 Å². The van der Waals surface area contributed by atoms with Gasteiger partial charge in [0.2, 0.25) is 5.91 Å². The average Bonchev–Trinajstić information content (AvgIpc) is 3.04.